The second-order valence-electron chi connectivity index (χ2n) is 4.69. The molecule has 1 saturated heterocycles. The average Bonchev–Trinajstić information content (AvgIpc) is 2.25. The summed E-state index contributed by atoms with van der Waals surface area (Å²) < 4.78 is 4.77. The van der Waals surface area contributed by atoms with E-state index in [2.05, 4.69) is 0 Å². The Bertz CT molecular complexity index is 286. The summed E-state index contributed by atoms with van der Waals surface area (Å²) in [5.74, 6) is 0.0824. The first-order chi connectivity index (χ1) is 7.74. The number of likely N-dealkylation sites (tertiary alicyclic amines) is 1. The zero-order valence-corrected chi connectivity index (χ0v) is 9.78. The smallest absolute Gasteiger partial charge is 0.328 e. The van der Waals surface area contributed by atoms with Gasteiger partial charge in [0.05, 0.1) is 7.11 Å². The van der Waals surface area contributed by atoms with E-state index in [4.69, 9.17) is 4.74 Å². The average molecular weight is 225 g/mol. The van der Waals surface area contributed by atoms with Crippen LogP contribution in [0.5, 0.6) is 0 Å². The Balaban J connectivity index is 2.03. The van der Waals surface area contributed by atoms with Crippen LogP contribution >= 0.6 is 0 Å². The van der Waals surface area contributed by atoms with Gasteiger partial charge in [0, 0.05) is 12.5 Å². The Morgan fingerprint density at radius 2 is 1.88 bits per heavy atom. The lowest BCUT2D eigenvalue weighted by Gasteiger charge is -2.38. The largest absolute Gasteiger partial charge is 0.467 e. The Labute approximate surface area is 95.9 Å². The zero-order chi connectivity index (χ0) is 11.5. The number of rotatable bonds is 2. The Hall–Kier alpha value is -1.06. The maximum absolute atomic E-state index is 12.1. The third-order valence-electron chi connectivity index (χ3n) is 3.71. The Morgan fingerprint density at radius 1 is 1.12 bits per heavy atom. The van der Waals surface area contributed by atoms with E-state index in [1.165, 1.54) is 7.11 Å². The molecule has 4 nitrogen and oxygen atoms in total. The first-order valence-corrected chi connectivity index (χ1v) is 6.12. The maximum atomic E-state index is 12.1. The SMILES string of the molecule is COC(=O)C1CCCCN1C(=O)C1CCC1. The van der Waals surface area contributed by atoms with E-state index in [1.807, 2.05) is 0 Å². The lowest BCUT2D eigenvalue weighted by Crippen LogP contribution is -2.51. The van der Waals surface area contributed by atoms with Crippen LogP contribution < -0.4 is 0 Å². The van der Waals surface area contributed by atoms with Crippen LogP contribution in [0, 0.1) is 5.92 Å². The molecule has 1 atom stereocenters. The first kappa shape index (κ1) is 11.4. The molecule has 0 bridgehead atoms. The molecule has 0 aromatic carbocycles. The molecule has 1 heterocycles. The third-order valence-corrected chi connectivity index (χ3v) is 3.71. The van der Waals surface area contributed by atoms with E-state index >= 15 is 0 Å². The molecule has 2 fully saturated rings. The zero-order valence-electron chi connectivity index (χ0n) is 9.78. The van der Waals surface area contributed by atoms with Gasteiger partial charge in [0.15, 0.2) is 0 Å². The van der Waals surface area contributed by atoms with Crippen molar-refractivity contribution in [2.24, 2.45) is 5.92 Å². The molecule has 0 spiro atoms. The van der Waals surface area contributed by atoms with E-state index in [1.54, 1.807) is 4.90 Å². The molecule has 1 saturated carbocycles. The molecule has 4 heteroatoms. The highest BCUT2D eigenvalue weighted by Gasteiger charge is 2.37. The molecule has 0 N–H and O–H groups in total. The summed E-state index contributed by atoms with van der Waals surface area (Å²) in [4.78, 5) is 25.5. The van der Waals surface area contributed by atoms with Gasteiger partial charge in [-0.1, -0.05) is 6.42 Å². The Morgan fingerprint density at radius 3 is 2.44 bits per heavy atom. The summed E-state index contributed by atoms with van der Waals surface area (Å²) in [6, 6.07) is -0.327. The number of nitrogens with zero attached hydrogens (tertiary/aromatic N) is 1. The number of ether oxygens (including phenoxy) is 1. The van der Waals surface area contributed by atoms with Crippen LogP contribution in [0.1, 0.15) is 38.5 Å². The van der Waals surface area contributed by atoms with Gasteiger partial charge in [-0.3, -0.25) is 4.79 Å². The van der Waals surface area contributed by atoms with Crippen molar-refractivity contribution in [2.75, 3.05) is 13.7 Å². The molecule has 1 amide bonds. The van der Waals surface area contributed by atoms with Crippen molar-refractivity contribution in [3.8, 4) is 0 Å². The second-order valence-corrected chi connectivity index (χ2v) is 4.69. The van der Waals surface area contributed by atoms with Crippen molar-refractivity contribution in [1.29, 1.82) is 0 Å². The highest BCUT2D eigenvalue weighted by atomic mass is 16.5. The van der Waals surface area contributed by atoms with Crippen LogP contribution in [0.4, 0.5) is 0 Å². The maximum Gasteiger partial charge on any atom is 0.328 e. The lowest BCUT2D eigenvalue weighted by molar-refractivity contribution is -0.157. The standard InChI is InChI=1S/C12H19NO3/c1-16-12(15)10-7-2-3-8-13(10)11(14)9-5-4-6-9/h9-10H,2-8H2,1H3. The fourth-order valence-electron chi connectivity index (χ4n) is 2.47. The van der Waals surface area contributed by atoms with Crippen molar-refractivity contribution < 1.29 is 14.3 Å². The summed E-state index contributed by atoms with van der Waals surface area (Å²) in [6.07, 6.45) is 5.89. The normalized spacial score (nSPS) is 26.1. The lowest BCUT2D eigenvalue weighted by atomic mass is 9.83. The van der Waals surface area contributed by atoms with Crippen LogP contribution in [0.15, 0.2) is 0 Å². The molecule has 0 radical (unpaired) electrons. The summed E-state index contributed by atoms with van der Waals surface area (Å²) >= 11 is 0. The van der Waals surface area contributed by atoms with Crippen molar-refractivity contribution in [2.45, 2.75) is 44.6 Å². The van der Waals surface area contributed by atoms with E-state index in [0.29, 0.717) is 0 Å². The van der Waals surface area contributed by atoms with E-state index in [-0.39, 0.29) is 23.8 Å². The summed E-state index contributed by atoms with van der Waals surface area (Å²) in [5, 5.41) is 0. The number of carbonyl (C=O) groups excluding carboxylic acids is 2. The van der Waals surface area contributed by atoms with Gasteiger partial charge in [-0.15, -0.1) is 0 Å². The second kappa shape index (κ2) is 4.85. The van der Waals surface area contributed by atoms with Gasteiger partial charge in [0.2, 0.25) is 5.91 Å². The molecular weight excluding hydrogens is 206 g/mol. The van der Waals surface area contributed by atoms with Crippen LogP contribution in [0.25, 0.3) is 0 Å². The molecule has 2 aliphatic rings. The Kier molecular flexibility index (Phi) is 3.46. The molecule has 0 aromatic rings. The number of carbonyl (C=O) groups is 2. The van der Waals surface area contributed by atoms with E-state index < -0.39 is 0 Å². The van der Waals surface area contributed by atoms with Crippen LogP contribution in [-0.2, 0) is 14.3 Å². The minimum Gasteiger partial charge on any atom is -0.467 e. The van der Waals surface area contributed by atoms with Gasteiger partial charge >= 0.3 is 5.97 Å². The molecule has 2 rings (SSSR count). The number of esters is 1. The molecule has 1 unspecified atom stereocenters. The van der Waals surface area contributed by atoms with E-state index in [9.17, 15) is 9.59 Å². The van der Waals surface area contributed by atoms with Gasteiger partial charge in [-0.2, -0.15) is 0 Å². The minimum atomic E-state index is -0.327. The highest BCUT2D eigenvalue weighted by molar-refractivity contribution is 5.86. The highest BCUT2D eigenvalue weighted by Crippen LogP contribution is 2.31. The summed E-state index contributed by atoms with van der Waals surface area (Å²) in [5.41, 5.74) is 0. The van der Waals surface area contributed by atoms with Crippen LogP contribution in [0.2, 0.25) is 0 Å². The number of methoxy groups -OCH3 is 1. The van der Waals surface area contributed by atoms with Crippen molar-refractivity contribution >= 4 is 11.9 Å². The van der Waals surface area contributed by atoms with Gasteiger partial charge in [-0.05, 0) is 32.1 Å². The topological polar surface area (TPSA) is 46.6 Å². The number of amides is 1. The number of piperidine rings is 1. The van der Waals surface area contributed by atoms with Gasteiger partial charge in [0.1, 0.15) is 6.04 Å². The van der Waals surface area contributed by atoms with Gasteiger partial charge in [0.25, 0.3) is 0 Å². The molecular formula is C12H19NO3. The van der Waals surface area contributed by atoms with Gasteiger partial charge < -0.3 is 9.64 Å². The predicted molar refractivity (Wildman–Crippen MR) is 58.7 cm³/mol. The molecule has 90 valence electrons. The molecule has 0 aromatic heterocycles. The number of hydrogen-bond donors (Lipinski definition) is 0. The number of hydrogen-bond acceptors (Lipinski definition) is 3. The van der Waals surface area contributed by atoms with Crippen molar-refractivity contribution in [3.63, 3.8) is 0 Å². The molecule has 1 aliphatic carbocycles. The van der Waals surface area contributed by atoms with Gasteiger partial charge in [-0.25, -0.2) is 4.79 Å². The minimum absolute atomic E-state index is 0.168. The third kappa shape index (κ3) is 2.06. The fourth-order valence-corrected chi connectivity index (χ4v) is 2.47. The van der Waals surface area contributed by atoms with Crippen LogP contribution in [-0.4, -0.2) is 36.5 Å². The van der Waals surface area contributed by atoms with E-state index in [0.717, 1.165) is 45.1 Å². The fraction of sp³-hybridized carbons (Fsp3) is 0.833. The van der Waals surface area contributed by atoms with Crippen LogP contribution in [0.3, 0.4) is 0 Å². The predicted octanol–water partition coefficient (Wildman–Crippen LogP) is 1.34. The van der Waals surface area contributed by atoms with Crippen molar-refractivity contribution in [1.82, 2.24) is 4.90 Å². The molecule has 16 heavy (non-hydrogen) atoms. The first-order valence-electron chi connectivity index (χ1n) is 6.12. The monoisotopic (exact) mass is 225 g/mol. The summed E-state index contributed by atoms with van der Waals surface area (Å²) in [6.45, 7) is 0.717. The molecule has 1 aliphatic heterocycles. The quantitative estimate of drug-likeness (QED) is 0.666. The van der Waals surface area contributed by atoms with Crippen molar-refractivity contribution in [3.05, 3.63) is 0 Å². The summed E-state index contributed by atoms with van der Waals surface area (Å²) in [7, 11) is 1.39.